The summed E-state index contributed by atoms with van der Waals surface area (Å²) in [6, 6.07) is 10.5. The highest BCUT2D eigenvalue weighted by Crippen LogP contribution is 2.33. The zero-order valence-electron chi connectivity index (χ0n) is 15.8. The first-order valence-corrected chi connectivity index (χ1v) is 9.04. The average molecular weight is 368 g/mol. The van der Waals surface area contributed by atoms with Crippen LogP contribution in [-0.4, -0.2) is 39.2 Å². The summed E-state index contributed by atoms with van der Waals surface area (Å²) >= 11 is 0. The van der Waals surface area contributed by atoms with Gasteiger partial charge < -0.3 is 9.84 Å². The maximum absolute atomic E-state index is 12.4. The number of pyridine rings is 1. The van der Waals surface area contributed by atoms with Gasteiger partial charge in [-0.25, -0.2) is 9.59 Å². The van der Waals surface area contributed by atoms with Crippen LogP contribution in [0.5, 0.6) is 0 Å². The highest BCUT2D eigenvalue weighted by molar-refractivity contribution is 5.88. The minimum atomic E-state index is -0.946. The van der Waals surface area contributed by atoms with Crippen LogP contribution in [0.25, 0.3) is 11.1 Å². The minimum absolute atomic E-state index is 0.0803. The Labute approximate surface area is 158 Å². The molecule has 0 spiro atoms. The largest absolute Gasteiger partial charge is 0.478 e. The Morgan fingerprint density at radius 2 is 1.78 bits per heavy atom. The van der Waals surface area contributed by atoms with E-state index in [4.69, 9.17) is 9.84 Å². The van der Waals surface area contributed by atoms with Gasteiger partial charge in [-0.05, 0) is 57.4 Å². The number of aromatic nitrogens is 1. The van der Waals surface area contributed by atoms with E-state index in [0.717, 1.165) is 29.7 Å². The lowest BCUT2D eigenvalue weighted by molar-refractivity contribution is 0.0221. The zero-order valence-corrected chi connectivity index (χ0v) is 15.8. The second-order valence-electron chi connectivity index (χ2n) is 7.69. The van der Waals surface area contributed by atoms with E-state index in [9.17, 15) is 9.59 Å². The predicted octanol–water partition coefficient (Wildman–Crippen LogP) is 4.52. The summed E-state index contributed by atoms with van der Waals surface area (Å²) in [4.78, 5) is 29.7. The van der Waals surface area contributed by atoms with Gasteiger partial charge >= 0.3 is 12.1 Å². The van der Waals surface area contributed by atoms with Crippen molar-refractivity contribution in [2.24, 2.45) is 0 Å². The molecule has 2 aromatic rings. The van der Waals surface area contributed by atoms with Crippen LogP contribution in [0.2, 0.25) is 0 Å². The quantitative estimate of drug-likeness (QED) is 0.862. The highest BCUT2D eigenvalue weighted by Gasteiger charge is 2.33. The second kappa shape index (κ2) is 7.39. The summed E-state index contributed by atoms with van der Waals surface area (Å²) in [5, 5.41) is 8.99. The second-order valence-corrected chi connectivity index (χ2v) is 7.69. The lowest BCUT2D eigenvalue weighted by Crippen LogP contribution is -2.36. The summed E-state index contributed by atoms with van der Waals surface area (Å²) in [6.07, 6.45) is 3.24. The number of carbonyl (C=O) groups excluding carboxylic acids is 1. The molecule has 1 aliphatic rings. The van der Waals surface area contributed by atoms with E-state index in [2.05, 4.69) is 4.98 Å². The van der Waals surface area contributed by atoms with Gasteiger partial charge in [0.2, 0.25) is 0 Å². The Balaban J connectivity index is 1.76. The maximum atomic E-state index is 12.4. The van der Waals surface area contributed by atoms with Gasteiger partial charge in [0.05, 0.1) is 17.3 Å². The molecule has 1 aromatic heterocycles. The van der Waals surface area contributed by atoms with Crippen LogP contribution in [0.1, 0.15) is 55.7 Å². The normalized spacial score (nSPS) is 17.0. The first kappa shape index (κ1) is 18.9. The van der Waals surface area contributed by atoms with Crippen LogP contribution in [0.3, 0.4) is 0 Å². The summed E-state index contributed by atoms with van der Waals surface area (Å²) in [5.74, 6) is -0.946. The molecule has 1 atom stereocenters. The number of ether oxygens (including phenoxy) is 1. The molecule has 0 aliphatic carbocycles. The number of carboxylic acids is 1. The van der Waals surface area contributed by atoms with Gasteiger partial charge in [-0.1, -0.05) is 18.2 Å². The van der Waals surface area contributed by atoms with Crippen molar-refractivity contribution >= 4 is 12.1 Å². The van der Waals surface area contributed by atoms with Gasteiger partial charge in [0.25, 0.3) is 0 Å². The first-order valence-electron chi connectivity index (χ1n) is 9.04. The molecule has 1 unspecified atom stereocenters. The first-order chi connectivity index (χ1) is 12.7. The van der Waals surface area contributed by atoms with E-state index >= 15 is 0 Å². The van der Waals surface area contributed by atoms with Crippen LogP contribution >= 0.6 is 0 Å². The SMILES string of the molecule is CC(C)(C)OC(=O)N1CCCC1c1ccc(-c2ccc(C(=O)O)cc2)cn1. The molecular weight excluding hydrogens is 344 g/mol. The lowest BCUT2D eigenvalue weighted by atomic mass is 10.0. The molecule has 1 saturated heterocycles. The van der Waals surface area contributed by atoms with E-state index in [1.165, 1.54) is 0 Å². The molecule has 0 saturated carbocycles. The third-order valence-electron chi connectivity index (χ3n) is 4.47. The third kappa shape index (κ3) is 4.45. The number of hydrogen-bond acceptors (Lipinski definition) is 4. The van der Waals surface area contributed by atoms with Gasteiger partial charge in [0, 0.05) is 18.3 Å². The van der Waals surface area contributed by atoms with E-state index in [0.29, 0.717) is 6.54 Å². The summed E-state index contributed by atoms with van der Waals surface area (Å²) in [5.41, 5.74) is 2.36. The van der Waals surface area contributed by atoms with E-state index in [1.54, 1.807) is 35.4 Å². The molecule has 1 N–H and O–H groups in total. The molecule has 1 aromatic carbocycles. The van der Waals surface area contributed by atoms with Crippen molar-refractivity contribution in [3.05, 3.63) is 53.9 Å². The Morgan fingerprint density at radius 1 is 1.11 bits per heavy atom. The van der Waals surface area contributed by atoms with Crippen LogP contribution < -0.4 is 0 Å². The number of rotatable bonds is 3. The topological polar surface area (TPSA) is 79.7 Å². The van der Waals surface area contributed by atoms with Crippen molar-refractivity contribution in [1.29, 1.82) is 0 Å². The molecule has 2 heterocycles. The van der Waals surface area contributed by atoms with Crippen molar-refractivity contribution in [2.75, 3.05) is 6.54 Å². The fraction of sp³-hybridized carbons (Fsp3) is 0.381. The Bertz CT molecular complexity index is 823. The van der Waals surface area contributed by atoms with Crippen molar-refractivity contribution in [3.8, 4) is 11.1 Å². The Kier molecular flexibility index (Phi) is 5.17. The monoisotopic (exact) mass is 368 g/mol. The molecule has 1 aliphatic heterocycles. The molecular formula is C21H24N2O4. The number of likely N-dealkylation sites (tertiary alicyclic amines) is 1. The molecule has 0 bridgehead atoms. The summed E-state index contributed by atoms with van der Waals surface area (Å²) < 4.78 is 5.51. The van der Waals surface area contributed by atoms with E-state index in [1.807, 2.05) is 32.9 Å². The van der Waals surface area contributed by atoms with Gasteiger partial charge in [-0.3, -0.25) is 9.88 Å². The number of amides is 1. The van der Waals surface area contributed by atoms with Gasteiger partial charge in [-0.15, -0.1) is 0 Å². The number of carbonyl (C=O) groups is 2. The fourth-order valence-electron chi connectivity index (χ4n) is 3.19. The van der Waals surface area contributed by atoms with Crippen molar-refractivity contribution in [3.63, 3.8) is 0 Å². The summed E-state index contributed by atoms with van der Waals surface area (Å²) in [7, 11) is 0. The number of aromatic carboxylic acids is 1. The van der Waals surface area contributed by atoms with E-state index < -0.39 is 11.6 Å². The van der Waals surface area contributed by atoms with Crippen LogP contribution in [-0.2, 0) is 4.74 Å². The van der Waals surface area contributed by atoms with Crippen molar-refractivity contribution in [1.82, 2.24) is 9.88 Å². The number of hydrogen-bond donors (Lipinski definition) is 1. The maximum Gasteiger partial charge on any atom is 0.410 e. The van der Waals surface area contributed by atoms with Crippen LogP contribution in [0.4, 0.5) is 4.79 Å². The highest BCUT2D eigenvalue weighted by atomic mass is 16.6. The molecule has 27 heavy (non-hydrogen) atoms. The standard InChI is InChI=1S/C21H24N2O4/c1-21(2,3)27-20(26)23-12-4-5-18(23)17-11-10-16(13-22-17)14-6-8-15(9-7-14)19(24)25/h6-11,13,18H,4-5,12H2,1-3H3,(H,24,25). The minimum Gasteiger partial charge on any atom is -0.478 e. The van der Waals surface area contributed by atoms with Gasteiger partial charge in [0.15, 0.2) is 0 Å². The molecule has 0 radical (unpaired) electrons. The number of nitrogens with zero attached hydrogens (tertiary/aromatic N) is 2. The molecule has 6 heteroatoms. The van der Waals surface area contributed by atoms with Gasteiger partial charge in [-0.2, -0.15) is 0 Å². The van der Waals surface area contributed by atoms with Crippen molar-refractivity contribution in [2.45, 2.75) is 45.3 Å². The average Bonchev–Trinajstić information content (AvgIpc) is 3.10. The fourth-order valence-corrected chi connectivity index (χ4v) is 3.19. The number of benzene rings is 1. The van der Waals surface area contributed by atoms with Gasteiger partial charge in [0.1, 0.15) is 5.60 Å². The summed E-state index contributed by atoms with van der Waals surface area (Å²) in [6.45, 7) is 6.25. The molecule has 3 rings (SSSR count). The molecule has 142 valence electrons. The zero-order chi connectivity index (χ0) is 19.6. The Hall–Kier alpha value is -2.89. The van der Waals surface area contributed by atoms with Crippen LogP contribution in [0.15, 0.2) is 42.6 Å². The Morgan fingerprint density at radius 3 is 2.33 bits per heavy atom. The van der Waals surface area contributed by atoms with E-state index in [-0.39, 0.29) is 17.7 Å². The predicted molar refractivity (Wildman–Crippen MR) is 102 cm³/mol. The number of carboxylic acid groups (broad SMARTS) is 1. The smallest absolute Gasteiger partial charge is 0.410 e. The van der Waals surface area contributed by atoms with Crippen LogP contribution in [0, 0.1) is 0 Å². The molecule has 1 amide bonds. The molecule has 6 nitrogen and oxygen atoms in total. The third-order valence-corrected chi connectivity index (χ3v) is 4.47. The molecule has 1 fully saturated rings. The lowest BCUT2D eigenvalue weighted by Gasteiger charge is -2.28. The van der Waals surface area contributed by atoms with Crippen molar-refractivity contribution < 1.29 is 19.4 Å².